The fraction of sp³-hybridized carbons (Fsp3) is 0.533. The predicted octanol–water partition coefficient (Wildman–Crippen LogP) is 5.71. The number of nitrogens with one attached hydrogen (secondary N) is 2. The van der Waals surface area contributed by atoms with Gasteiger partial charge in [0.2, 0.25) is 11.8 Å². The maximum atomic E-state index is 15.9. The number of carbonyl (C=O) groups is 2. The summed E-state index contributed by atoms with van der Waals surface area (Å²) < 4.78 is 50.5. The van der Waals surface area contributed by atoms with Crippen molar-refractivity contribution in [3.63, 3.8) is 0 Å². The Hall–Kier alpha value is -2.17. The van der Waals surface area contributed by atoms with E-state index >= 15 is 4.39 Å². The van der Waals surface area contributed by atoms with Gasteiger partial charge in [-0.05, 0) is 55.1 Å². The van der Waals surface area contributed by atoms with Crippen LogP contribution in [0.15, 0.2) is 36.4 Å². The lowest BCUT2D eigenvalue weighted by Crippen LogP contribution is -2.61. The van der Waals surface area contributed by atoms with E-state index in [4.69, 9.17) is 27.9 Å². The van der Waals surface area contributed by atoms with Crippen LogP contribution in [0.1, 0.15) is 55.6 Å². The lowest BCUT2D eigenvalue weighted by molar-refractivity contribution is -0.126. The molecule has 6 nitrogen and oxygen atoms in total. The van der Waals surface area contributed by atoms with Crippen LogP contribution < -0.4 is 10.6 Å². The third-order valence-corrected chi connectivity index (χ3v) is 10.0. The molecule has 2 aromatic carbocycles. The molecule has 3 atom stereocenters. The molecular formula is C30H32Cl2F3N3O3. The zero-order valence-corrected chi connectivity index (χ0v) is 24.0. The Morgan fingerprint density at radius 3 is 2.54 bits per heavy atom. The van der Waals surface area contributed by atoms with E-state index in [0.29, 0.717) is 42.5 Å². The number of benzene rings is 2. The fourth-order valence-corrected chi connectivity index (χ4v) is 7.97. The van der Waals surface area contributed by atoms with Gasteiger partial charge >= 0.3 is 0 Å². The van der Waals surface area contributed by atoms with Crippen molar-refractivity contribution in [2.45, 2.75) is 67.4 Å². The van der Waals surface area contributed by atoms with Crippen molar-refractivity contribution in [2.75, 3.05) is 38.2 Å². The number of ketones is 1. The summed E-state index contributed by atoms with van der Waals surface area (Å²) >= 11 is 12.5. The molecule has 2 spiro atoms. The summed E-state index contributed by atoms with van der Waals surface area (Å²) in [4.78, 5) is 30.6. The number of hydrogen-bond donors (Lipinski definition) is 2. The zero-order valence-electron chi connectivity index (χ0n) is 22.5. The molecule has 1 amide bonds. The topological polar surface area (TPSA) is 70.7 Å². The van der Waals surface area contributed by atoms with Crippen LogP contribution >= 0.6 is 23.2 Å². The number of amides is 1. The summed E-state index contributed by atoms with van der Waals surface area (Å²) in [7, 11) is 0. The van der Waals surface area contributed by atoms with Crippen molar-refractivity contribution >= 4 is 40.6 Å². The number of carbonyl (C=O) groups excluding carboxylic acids is 2. The largest absolute Gasteiger partial charge is 0.379 e. The Bertz CT molecular complexity index is 1360. The van der Waals surface area contributed by atoms with Crippen molar-refractivity contribution in [2.24, 2.45) is 0 Å². The third kappa shape index (κ3) is 4.78. The smallest absolute Gasteiger partial charge is 0.248 e. The van der Waals surface area contributed by atoms with Crippen LogP contribution in [0.4, 0.5) is 18.9 Å². The summed E-state index contributed by atoms with van der Waals surface area (Å²) in [6, 6.07) is 8.49. The first-order valence-electron chi connectivity index (χ1n) is 14.1. The molecule has 11 heteroatoms. The number of alkyl halides is 2. The summed E-state index contributed by atoms with van der Waals surface area (Å²) in [5, 5.41) is 6.58. The molecule has 41 heavy (non-hydrogen) atoms. The third-order valence-electron chi connectivity index (χ3n) is 9.50. The number of fused-ring (bicyclic) bond motifs is 3. The standard InChI is InChI=1S/C30H32Cl2F3N3O3/c31-18-6-7-20-22(17-18)36-27(40)30(20)24(19-3-1-4-21(32)25(19)33)26(37-28(30)8-10-29(34,35)11-9-28)23(39)5-2-12-38-13-15-41-16-14-38/h1,3-4,6-7,17,24,26,37H,2,5,8-16H2,(H,36,40)/t24-,26-,30-/m0/s1. The van der Waals surface area contributed by atoms with Gasteiger partial charge in [0.25, 0.3) is 0 Å². The maximum Gasteiger partial charge on any atom is 0.248 e. The number of morpholine rings is 1. The van der Waals surface area contributed by atoms with Crippen molar-refractivity contribution < 1.29 is 27.5 Å². The Morgan fingerprint density at radius 1 is 1.07 bits per heavy atom. The van der Waals surface area contributed by atoms with E-state index in [9.17, 15) is 18.4 Å². The Kier molecular flexibility index (Phi) is 7.64. The molecule has 3 fully saturated rings. The highest BCUT2D eigenvalue weighted by atomic mass is 35.5. The lowest BCUT2D eigenvalue weighted by atomic mass is 9.55. The summed E-state index contributed by atoms with van der Waals surface area (Å²) in [5.41, 5.74) is -1.68. The van der Waals surface area contributed by atoms with E-state index in [0.717, 1.165) is 13.1 Å². The number of rotatable bonds is 6. The highest BCUT2D eigenvalue weighted by Crippen LogP contribution is 2.63. The number of hydrogen-bond acceptors (Lipinski definition) is 5. The second kappa shape index (κ2) is 10.8. The van der Waals surface area contributed by atoms with Gasteiger partial charge in [0.05, 0.1) is 24.3 Å². The molecule has 1 saturated carbocycles. The Labute approximate surface area is 246 Å². The van der Waals surface area contributed by atoms with Crippen LogP contribution in [-0.4, -0.2) is 66.9 Å². The minimum absolute atomic E-state index is 0.0638. The van der Waals surface area contributed by atoms with Gasteiger partial charge in [0.1, 0.15) is 17.0 Å². The highest BCUT2D eigenvalue weighted by molar-refractivity contribution is 6.31. The molecule has 0 unspecified atom stereocenters. The minimum Gasteiger partial charge on any atom is -0.379 e. The summed E-state index contributed by atoms with van der Waals surface area (Å²) in [6.07, 6.45) is -0.290. The Morgan fingerprint density at radius 2 is 1.80 bits per heavy atom. The molecule has 2 saturated heterocycles. The van der Waals surface area contributed by atoms with Gasteiger partial charge in [0.15, 0.2) is 0 Å². The van der Waals surface area contributed by atoms with Gasteiger partial charge in [-0.1, -0.05) is 41.4 Å². The molecule has 3 aliphatic heterocycles. The van der Waals surface area contributed by atoms with Crippen LogP contribution in [0, 0.1) is 5.82 Å². The molecule has 0 bridgehead atoms. The van der Waals surface area contributed by atoms with Gasteiger partial charge in [-0.25, -0.2) is 13.2 Å². The predicted molar refractivity (Wildman–Crippen MR) is 150 cm³/mol. The molecule has 2 N–H and O–H groups in total. The van der Waals surface area contributed by atoms with E-state index in [1.807, 2.05) is 0 Å². The van der Waals surface area contributed by atoms with Crippen LogP contribution in [-0.2, 0) is 19.7 Å². The summed E-state index contributed by atoms with van der Waals surface area (Å²) in [5.74, 6) is -5.29. The average Bonchev–Trinajstić information content (AvgIpc) is 3.40. The molecule has 6 rings (SSSR count). The van der Waals surface area contributed by atoms with Crippen LogP contribution in [0.25, 0.3) is 0 Å². The quantitative estimate of drug-likeness (QED) is 0.439. The van der Waals surface area contributed by atoms with Gasteiger partial charge in [-0.15, -0.1) is 0 Å². The minimum atomic E-state index is -2.90. The van der Waals surface area contributed by atoms with Gasteiger partial charge in [-0.3, -0.25) is 19.8 Å². The van der Waals surface area contributed by atoms with Gasteiger partial charge in [0, 0.05) is 54.5 Å². The molecule has 0 aromatic heterocycles. The van der Waals surface area contributed by atoms with Crippen LogP contribution in [0.5, 0.6) is 0 Å². The zero-order chi connectivity index (χ0) is 29.0. The molecule has 3 heterocycles. The normalized spacial score (nSPS) is 28.7. The molecule has 220 valence electrons. The number of halogens is 5. The van der Waals surface area contributed by atoms with Crippen molar-refractivity contribution in [3.8, 4) is 0 Å². The van der Waals surface area contributed by atoms with Crippen molar-refractivity contribution in [1.82, 2.24) is 10.2 Å². The van der Waals surface area contributed by atoms with Crippen molar-refractivity contribution in [1.29, 1.82) is 0 Å². The number of Topliss-reactive ketones (excluding diaryl/α,β-unsaturated/α-hetero) is 1. The monoisotopic (exact) mass is 609 g/mol. The van der Waals surface area contributed by atoms with E-state index in [-0.39, 0.29) is 35.6 Å². The first kappa shape index (κ1) is 28.9. The molecule has 0 radical (unpaired) electrons. The number of nitrogens with zero attached hydrogens (tertiary/aromatic N) is 1. The van der Waals surface area contributed by atoms with Gasteiger partial charge < -0.3 is 10.1 Å². The molecule has 1 aliphatic carbocycles. The lowest BCUT2D eigenvalue weighted by Gasteiger charge is -2.48. The number of anilines is 1. The van der Waals surface area contributed by atoms with E-state index in [1.165, 1.54) is 6.07 Å². The average molecular weight is 611 g/mol. The van der Waals surface area contributed by atoms with E-state index < -0.39 is 53.4 Å². The van der Waals surface area contributed by atoms with Crippen LogP contribution in [0.2, 0.25) is 10.0 Å². The molecule has 2 aromatic rings. The maximum absolute atomic E-state index is 15.9. The van der Waals surface area contributed by atoms with Crippen molar-refractivity contribution in [3.05, 3.63) is 63.4 Å². The fourth-order valence-electron chi connectivity index (χ4n) is 7.61. The first-order valence-corrected chi connectivity index (χ1v) is 14.9. The SMILES string of the molecule is O=C(CCCN1CCOCC1)[C@@H]1NC2(CCC(F)(F)CC2)[C@]2(C(=O)Nc3cc(Cl)ccc32)[C@H]1c1cccc(Cl)c1F. The van der Waals surface area contributed by atoms with Gasteiger partial charge in [-0.2, -0.15) is 0 Å². The number of ether oxygens (including phenoxy) is 1. The molecular weight excluding hydrogens is 578 g/mol. The Balaban J connectivity index is 1.47. The second-order valence-electron chi connectivity index (χ2n) is 11.7. The summed E-state index contributed by atoms with van der Waals surface area (Å²) in [6.45, 7) is 3.55. The van der Waals surface area contributed by atoms with E-state index in [2.05, 4.69) is 15.5 Å². The van der Waals surface area contributed by atoms with E-state index in [1.54, 1.807) is 30.3 Å². The van der Waals surface area contributed by atoms with Crippen LogP contribution in [0.3, 0.4) is 0 Å². The molecule has 4 aliphatic rings. The highest BCUT2D eigenvalue weighted by Gasteiger charge is 2.73. The first-order chi connectivity index (χ1) is 19.6. The second-order valence-corrected chi connectivity index (χ2v) is 12.5.